The Morgan fingerprint density at radius 1 is 1.24 bits per heavy atom. The quantitative estimate of drug-likeness (QED) is 0.917. The molecule has 6 heteroatoms. The van der Waals surface area contributed by atoms with Crippen molar-refractivity contribution < 1.29 is 19.1 Å². The zero-order valence-electron chi connectivity index (χ0n) is 12.3. The van der Waals surface area contributed by atoms with Crippen LogP contribution in [0.25, 0.3) is 0 Å². The van der Waals surface area contributed by atoms with Crippen LogP contribution in [0.5, 0.6) is 5.75 Å². The summed E-state index contributed by atoms with van der Waals surface area (Å²) in [7, 11) is 2.84. The summed E-state index contributed by atoms with van der Waals surface area (Å²) in [6.45, 7) is 1.45. The molecule has 0 spiro atoms. The summed E-state index contributed by atoms with van der Waals surface area (Å²) in [6.07, 6.45) is 1.36. The van der Waals surface area contributed by atoms with Gasteiger partial charge in [0.05, 0.1) is 14.2 Å². The number of amides is 2. The lowest BCUT2D eigenvalue weighted by Crippen LogP contribution is -2.41. The summed E-state index contributed by atoms with van der Waals surface area (Å²) in [5, 5.41) is 2.60. The van der Waals surface area contributed by atoms with Gasteiger partial charge in [-0.05, 0) is 30.5 Å². The minimum Gasteiger partial charge on any atom is -0.497 e. The number of nitrogens with one attached hydrogen (secondary N) is 1. The molecule has 1 atom stereocenters. The van der Waals surface area contributed by atoms with Crippen LogP contribution >= 0.6 is 0 Å². The summed E-state index contributed by atoms with van der Waals surface area (Å²) in [6, 6.07) is 6.35. The van der Waals surface area contributed by atoms with E-state index in [0.29, 0.717) is 11.3 Å². The van der Waals surface area contributed by atoms with Gasteiger partial charge in [-0.2, -0.15) is 0 Å². The lowest BCUT2D eigenvalue weighted by molar-refractivity contribution is -0.132. The fourth-order valence-corrected chi connectivity index (χ4v) is 2.41. The molecule has 21 heavy (non-hydrogen) atoms. The second-order valence-electron chi connectivity index (χ2n) is 4.88. The first-order chi connectivity index (χ1) is 10.2. The van der Waals surface area contributed by atoms with E-state index < -0.39 is 12.1 Å². The van der Waals surface area contributed by atoms with Crippen LogP contribution in [-0.2, 0) is 9.53 Å². The summed E-state index contributed by atoms with van der Waals surface area (Å²) in [4.78, 5) is 25.9. The summed E-state index contributed by atoms with van der Waals surface area (Å²) >= 11 is 0. The van der Waals surface area contributed by atoms with Crippen molar-refractivity contribution in [3.63, 3.8) is 0 Å². The standard InChI is InChI=1S/C15H20N2O4/c1-20-12-7-5-6-11(10-12)13(16-15(19)21-2)14(18)17-8-3-4-9-17/h5-7,10,13H,3-4,8-9H2,1-2H3,(H,16,19). The predicted octanol–water partition coefficient (Wildman–Crippen LogP) is 1.71. The zero-order chi connectivity index (χ0) is 15.2. The van der Waals surface area contributed by atoms with Crippen LogP contribution in [0.1, 0.15) is 24.4 Å². The van der Waals surface area contributed by atoms with Gasteiger partial charge in [0.15, 0.2) is 0 Å². The molecule has 0 aliphatic carbocycles. The Bertz CT molecular complexity index is 512. The molecule has 1 unspecified atom stereocenters. The number of likely N-dealkylation sites (tertiary alicyclic amines) is 1. The lowest BCUT2D eigenvalue weighted by atomic mass is 10.1. The number of methoxy groups -OCH3 is 2. The molecule has 0 saturated carbocycles. The number of benzene rings is 1. The average Bonchev–Trinajstić information content (AvgIpc) is 3.06. The Kier molecular flexibility index (Phi) is 5.03. The fourth-order valence-electron chi connectivity index (χ4n) is 2.41. The molecule has 1 N–H and O–H groups in total. The number of nitrogens with zero attached hydrogens (tertiary/aromatic N) is 1. The van der Waals surface area contributed by atoms with Gasteiger partial charge in [0.25, 0.3) is 0 Å². The lowest BCUT2D eigenvalue weighted by Gasteiger charge is -2.24. The van der Waals surface area contributed by atoms with E-state index in [1.54, 1.807) is 36.3 Å². The first-order valence-electron chi connectivity index (χ1n) is 6.93. The molecule has 1 aromatic carbocycles. The van der Waals surface area contributed by atoms with Crippen LogP contribution in [0.2, 0.25) is 0 Å². The molecule has 114 valence electrons. The van der Waals surface area contributed by atoms with Gasteiger partial charge in [-0.3, -0.25) is 4.79 Å². The summed E-state index contributed by atoms with van der Waals surface area (Å²) in [5.74, 6) is 0.518. The molecular weight excluding hydrogens is 272 g/mol. The van der Waals surface area contributed by atoms with Gasteiger partial charge in [-0.15, -0.1) is 0 Å². The van der Waals surface area contributed by atoms with Gasteiger partial charge >= 0.3 is 6.09 Å². The Morgan fingerprint density at radius 3 is 2.57 bits per heavy atom. The van der Waals surface area contributed by atoms with Gasteiger partial charge in [-0.25, -0.2) is 4.79 Å². The fraction of sp³-hybridized carbons (Fsp3) is 0.467. The Labute approximate surface area is 124 Å². The molecule has 0 radical (unpaired) electrons. The van der Waals surface area contributed by atoms with E-state index >= 15 is 0 Å². The minimum atomic E-state index is -0.759. The summed E-state index contributed by atoms with van der Waals surface area (Å²) in [5.41, 5.74) is 0.677. The number of carbonyl (C=O) groups is 2. The van der Waals surface area contributed by atoms with Crippen molar-refractivity contribution in [1.82, 2.24) is 10.2 Å². The highest BCUT2D eigenvalue weighted by atomic mass is 16.5. The molecule has 2 rings (SSSR count). The number of hydrogen-bond acceptors (Lipinski definition) is 4. The minimum absolute atomic E-state index is 0.119. The van der Waals surface area contributed by atoms with Crippen molar-refractivity contribution in [2.24, 2.45) is 0 Å². The van der Waals surface area contributed by atoms with Gasteiger partial charge in [0, 0.05) is 13.1 Å². The van der Waals surface area contributed by atoms with E-state index in [1.807, 2.05) is 0 Å². The van der Waals surface area contributed by atoms with Crippen molar-refractivity contribution in [2.75, 3.05) is 27.3 Å². The largest absolute Gasteiger partial charge is 0.497 e. The van der Waals surface area contributed by atoms with Crippen LogP contribution in [0, 0.1) is 0 Å². The maximum atomic E-state index is 12.6. The number of alkyl carbamates (subject to hydrolysis) is 1. The molecule has 2 amide bonds. The van der Waals surface area contributed by atoms with E-state index in [2.05, 4.69) is 10.1 Å². The van der Waals surface area contributed by atoms with E-state index in [9.17, 15) is 9.59 Å². The molecule has 6 nitrogen and oxygen atoms in total. The Balaban J connectivity index is 2.25. The first-order valence-corrected chi connectivity index (χ1v) is 6.93. The van der Waals surface area contributed by atoms with E-state index in [-0.39, 0.29) is 5.91 Å². The highest BCUT2D eigenvalue weighted by molar-refractivity contribution is 5.87. The van der Waals surface area contributed by atoms with Crippen molar-refractivity contribution in [3.05, 3.63) is 29.8 Å². The first kappa shape index (κ1) is 15.2. The normalized spacial score (nSPS) is 15.4. The Hall–Kier alpha value is -2.24. The SMILES string of the molecule is COC(=O)NC(C(=O)N1CCCC1)c1cccc(OC)c1. The van der Waals surface area contributed by atoms with Crippen molar-refractivity contribution >= 4 is 12.0 Å². The van der Waals surface area contributed by atoms with Gasteiger partial charge < -0.3 is 19.7 Å². The van der Waals surface area contributed by atoms with Gasteiger partial charge in [-0.1, -0.05) is 12.1 Å². The molecule has 1 heterocycles. The summed E-state index contributed by atoms with van der Waals surface area (Å²) < 4.78 is 9.79. The molecular formula is C15H20N2O4. The van der Waals surface area contributed by atoms with Gasteiger partial charge in [0.2, 0.25) is 5.91 Å². The van der Waals surface area contributed by atoms with Crippen LogP contribution in [-0.4, -0.2) is 44.2 Å². The van der Waals surface area contributed by atoms with E-state index in [4.69, 9.17) is 4.74 Å². The molecule has 1 fully saturated rings. The topological polar surface area (TPSA) is 67.9 Å². The maximum Gasteiger partial charge on any atom is 0.407 e. The van der Waals surface area contributed by atoms with E-state index in [0.717, 1.165) is 25.9 Å². The zero-order valence-corrected chi connectivity index (χ0v) is 12.3. The van der Waals surface area contributed by atoms with Gasteiger partial charge in [0.1, 0.15) is 11.8 Å². The van der Waals surface area contributed by atoms with Crippen LogP contribution in [0.15, 0.2) is 24.3 Å². The smallest absolute Gasteiger partial charge is 0.407 e. The van der Waals surface area contributed by atoms with E-state index in [1.165, 1.54) is 7.11 Å². The third kappa shape index (κ3) is 3.65. The van der Waals surface area contributed by atoms with Crippen molar-refractivity contribution in [2.45, 2.75) is 18.9 Å². The molecule has 1 aliphatic rings. The van der Waals surface area contributed by atoms with Crippen molar-refractivity contribution in [1.29, 1.82) is 0 Å². The molecule has 1 aliphatic heterocycles. The third-order valence-electron chi connectivity index (χ3n) is 3.54. The second kappa shape index (κ2) is 6.97. The number of rotatable bonds is 4. The van der Waals surface area contributed by atoms with Crippen LogP contribution in [0.3, 0.4) is 0 Å². The van der Waals surface area contributed by atoms with Crippen LogP contribution < -0.4 is 10.1 Å². The molecule has 0 bridgehead atoms. The monoisotopic (exact) mass is 292 g/mol. The molecule has 1 saturated heterocycles. The Morgan fingerprint density at radius 2 is 1.95 bits per heavy atom. The predicted molar refractivity (Wildman–Crippen MR) is 77.1 cm³/mol. The van der Waals surface area contributed by atoms with Crippen LogP contribution in [0.4, 0.5) is 4.79 Å². The number of hydrogen-bond donors (Lipinski definition) is 1. The maximum absolute atomic E-state index is 12.6. The highest BCUT2D eigenvalue weighted by Crippen LogP contribution is 2.23. The molecule has 0 aromatic heterocycles. The number of carbonyl (C=O) groups excluding carboxylic acids is 2. The number of ether oxygens (including phenoxy) is 2. The highest BCUT2D eigenvalue weighted by Gasteiger charge is 2.29. The third-order valence-corrected chi connectivity index (χ3v) is 3.54. The van der Waals surface area contributed by atoms with Crippen molar-refractivity contribution in [3.8, 4) is 5.75 Å². The second-order valence-corrected chi connectivity index (χ2v) is 4.88. The molecule has 1 aromatic rings. The average molecular weight is 292 g/mol.